The highest BCUT2D eigenvalue weighted by Crippen LogP contribution is 2.23. The lowest BCUT2D eigenvalue weighted by Gasteiger charge is -2.20. The van der Waals surface area contributed by atoms with E-state index in [1.165, 1.54) is 0 Å². The number of hydrogen-bond donors (Lipinski definition) is 1. The third-order valence-electron chi connectivity index (χ3n) is 2.64. The van der Waals surface area contributed by atoms with Gasteiger partial charge in [-0.15, -0.1) is 0 Å². The maximum Gasteiger partial charge on any atom is 0.362 e. The summed E-state index contributed by atoms with van der Waals surface area (Å²) in [6.45, 7) is 1.91. The molecule has 16 heavy (non-hydrogen) atoms. The van der Waals surface area contributed by atoms with E-state index in [9.17, 15) is 13.2 Å². The molecular weight excluding hydrogens is 230 g/mol. The van der Waals surface area contributed by atoms with Crippen molar-refractivity contribution in [1.82, 2.24) is 4.72 Å². The van der Waals surface area contributed by atoms with Gasteiger partial charge in [-0.2, -0.15) is 8.42 Å². The van der Waals surface area contributed by atoms with Gasteiger partial charge in [-0.1, -0.05) is 26.2 Å². The summed E-state index contributed by atoms with van der Waals surface area (Å²) in [5.41, 5.74) is 0. The number of nitrogens with one attached hydrogen (secondary N) is 1. The van der Waals surface area contributed by atoms with E-state index in [1.54, 1.807) is 6.92 Å². The van der Waals surface area contributed by atoms with E-state index in [0.29, 0.717) is 6.42 Å². The molecule has 1 fully saturated rings. The van der Waals surface area contributed by atoms with Gasteiger partial charge in [-0.05, 0) is 19.3 Å². The summed E-state index contributed by atoms with van der Waals surface area (Å²) in [5.74, 6) is -0.593. The molecule has 0 aromatic carbocycles. The lowest BCUT2D eigenvalue weighted by atomic mass is 9.89. The van der Waals surface area contributed by atoms with Gasteiger partial charge in [-0.3, -0.25) is 8.98 Å². The molecule has 5 nitrogen and oxygen atoms in total. The maximum absolute atomic E-state index is 11.6. The Bertz CT molecular complexity index is 320. The van der Waals surface area contributed by atoms with Crippen LogP contribution in [0.2, 0.25) is 0 Å². The molecule has 1 rings (SSSR count). The smallest absolute Gasteiger partial charge is 0.274 e. The van der Waals surface area contributed by atoms with Crippen LogP contribution in [0.4, 0.5) is 0 Å². The van der Waals surface area contributed by atoms with Gasteiger partial charge >= 0.3 is 10.3 Å². The van der Waals surface area contributed by atoms with Crippen LogP contribution in [0, 0.1) is 5.92 Å². The summed E-state index contributed by atoms with van der Waals surface area (Å²) in [5, 5.41) is 0. The summed E-state index contributed by atoms with van der Waals surface area (Å²) >= 11 is 0. The molecule has 0 atom stereocenters. The summed E-state index contributed by atoms with van der Waals surface area (Å²) < 4.78 is 29.1. The first-order valence-electron chi connectivity index (χ1n) is 5.76. The zero-order valence-corrected chi connectivity index (χ0v) is 10.4. The van der Waals surface area contributed by atoms with E-state index in [0.717, 1.165) is 32.1 Å². The summed E-state index contributed by atoms with van der Waals surface area (Å²) in [4.78, 5) is 11.6. The van der Waals surface area contributed by atoms with Gasteiger partial charge in [0.05, 0.1) is 6.61 Å². The van der Waals surface area contributed by atoms with Gasteiger partial charge in [0.2, 0.25) is 5.91 Å². The van der Waals surface area contributed by atoms with Gasteiger partial charge in [-0.25, -0.2) is 4.72 Å². The SMILES string of the molecule is CCCOS(=O)(=O)NC(=O)C1CCCCC1. The Hall–Kier alpha value is -0.620. The highest BCUT2D eigenvalue weighted by molar-refractivity contribution is 7.85. The van der Waals surface area contributed by atoms with Crippen LogP contribution in [0.25, 0.3) is 0 Å². The third-order valence-corrected chi connectivity index (χ3v) is 3.57. The van der Waals surface area contributed by atoms with Crippen molar-refractivity contribution in [2.24, 2.45) is 5.92 Å². The van der Waals surface area contributed by atoms with Crippen molar-refractivity contribution >= 4 is 16.2 Å². The van der Waals surface area contributed by atoms with Crippen molar-refractivity contribution in [3.05, 3.63) is 0 Å². The first-order valence-corrected chi connectivity index (χ1v) is 7.17. The minimum absolute atomic E-state index is 0.104. The number of hydrogen-bond acceptors (Lipinski definition) is 4. The predicted octanol–water partition coefficient (Wildman–Crippen LogP) is 1.35. The molecule has 0 aliphatic heterocycles. The molecule has 0 saturated heterocycles. The summed E-state index contributed by atoms with van der Waals surface area (Å²) in [7, 11) is -3.89. The van der Waals surface area contributed by atoms with E-state index in [4.69, 9.17) is 0 Å². The molecule has 6 heteroatoms. The quantitative estimate of drug-likeness (QED) is 0.798. The van der Waals surface area contributed by atoms with Crippen molar-refractivity contribution in [3.63, 3.8) is 0 Å². The molecule has 1 aliphatic rings. The van der Waals surface area contributed by atoms with Gasteiger partial charge < -0.3 is 0 Å². The lowest BCUT2D eigenvalue weighted by Crippen LogP contribution is -2.37. The average Bonchev–Trinajstić information content (AvgIpc) is 2.27. The van der Waals surface area contributed by atoms with Crippen molar-refractivity contribution in [3.8, 4) is 0 Å². The molecule has 0 aromatic heterocycles. The fraction of sp³-hybridized carbons (Fsp3) is 0.900. The first-order chi connectivity index (χ1) is 7.55. The second kappa shape index (κ2) is 6.20. The van der Waals surface area contributed by atoms with Crippen molar-refractivity contribution in [2.75, 3.05) is 6.61 Å². The lowest BCUT2D eigenvalue weighted by molar-refractivity contribution is -0.124. The van der Waals surface area contributed by atoms with Crippen LogP contribution >= 0.6 is 0 Å². The third kappa shape index (κ3) is 4.49. The van der Waals surface area contributed by atoms with Crippen molar-refractivity contribution < 1.29 is 17.4 Å². The molecule has 0 spiro atoms. The number of amides is 1. The van der Waals surface area contributed by atoms with E-state index in [-0.39, 0.29) is 12.5 Å². The van der Waals surface area contributed by atoms with E-state index in [2.05, 4.69) is 4.18 Å². The molecule has 1 aliphatic carbocycles. The largest absolute Gasteiger partial charge is 0.362 e. The molecule has 0 bridgehead atoms. The highest BCUT2D eigenvalue weighted by Gasteiger charge is 2.25. The normalized spacial score (nSPS) is 18.3. The van der Waals surface area contributed by atoms with Gasteiger partial charge in [0.1, 0.15) is 0 Å². The molecule has 1 saturated carbocycles. The Morgan fingerprint density at radius 3 is 2.50 bits per heavy atom. The van der Waals surface area contributed by atoms with Gasteiger partial charge in [0.25, 0.3) is 0 Å². The molecule has 1 amide bonds. The fourth-order valence-corrected chi connectivity index (χ4v) is 2.65. The van der Waals surface area contributed by atoms with E-state index in [1.807, 2.05) is 4.72 Å². The standard InChI is InChI=1S/C10H19NO4S/c1-2-8-15-16(13,14)11-10(12)9-6-4-3-5-7-9/h9H,2-8H2,1H3,(H,11,12). The molecule has 0 unspecified atom stereocenters. The molecule has 0 heterocycles. The molecule has 94 valence electrons. The van der Waals surface area contributed by atoms with Crippen LogP contribution in [-0.4, -0.2) is 20.9 Å². The van der Waals surface area contributed by atoms with E-state index < -0.39 is 16.2 Å². The molecular formula is C10H19NO4S. The van der Waals surface area contributed by atoms with Crippen LogP contribution in [0.5, 0.6) is 0 Å². The molecule has 1 N–H and O–H groups in total. The Morgan fingerprint density at radius 2 is 1.94 bits per heavy atom. The zero-order chi connectivity index (χ0) is 12.0. The van der Waals surface area contributed by atoms with Crippen LogP contribution in [0.15, 0.2) is 0 Å². The Balaban J connectivity index is 2.43. The fourth-order valence-electron chi connectivity index (χ4n) is 1.79. The minimum atomic E-state index is -3.89. The number of carbonyl (C=O) groups excluding carboxylic acids is 1. The Kier molecular flexibility index (Phi) is 5.21. The number of carbonyl (C=O) groups is 1. The predicted molar refractivity (Wildman–Crippen MR) is 59.9 cm³/mol. The summed E-state index contributed by atoms with van der Waals surface area (Å²) in [6.07, 6.45) is 5.26. The zero-order valence-electron chi connectivity index (χ0n) is 9.57. The van der Waals surface area contributed by atoms with Crippen LogP contribution < -0.4 is 4.72 Å². The molecule has 0 radical (unpaired) electrons. The summed E-state index contributed by atoms with van der Waals surface area (Å²) in [6, 6.07) is 0. The van der Waals surface area contributed by atoms with E-state index >= 15 is 0 Å². The van der Waals surface area contributed by atoms with Gasteiger partial charge in [0.15, 0.2) is 0 Å². The monoisotopic (exact) mass is 249 g/mol. The Morgan fingerprint density at radius 1 is 1.31 bits per heavy atom. The van der Waals surface area contributed by atoms with Crippen LogP contribution in [0.3, 0.4) is 0 Å². The second-order valence-electron chi connectivity index (χ2n) is 4.08. The minimum Gasteiger partial charge on any atom is -0.274 e. The van der Waals surface area contributed by atoms with Gasteiger partial charge in [0, 0.05) is 5.92 Å². The number of rotatable bonds is 5. The average molecular weight is 249 g/mol. The van der Waals surface area contributed by atoms with Crippen molar-refractivity contribution in [1.29, 1.82) is 0 Å². The maximum atomic E-state index is 11.6. The molecule has 0 aromatic rings. The topological polar surface area (TPSA) is 72.5 Å². The first kappa shape index (κ1) is 13.4. The second-order valence-corrected chi connectivity index (χ2v) is 5.43. The Labute approximate surface area is 96.8 Å². The highest BCUT2D eigenvalue weighted by atomic mass is 32.2. The van der Waals surface area contributed by atoms with Crippen molar-refractivity contribution in [2.45, 2.75) is 45.4 Å². The van der Waals surface area contributed by atoms with Crippen LogP contribution in [0.1, 0.15) is 45.4 Å². The van der Waals surface area contributed by atoms with Crippen LogP contribution in [-0.2, 0) is 19.3 Å².